The van der Waals surface area contributed by atoms with Crippen LogP contribution < -0.4 is 15.8 Å². The second kappa shape index (κ2) is 5.13. The zero-order valence-corrected chi connectivity index (χ0v) is 11.4. The second-order valence-electron chi connectivity index (χ2n) is 5.18. The summed E-state index contributed by atoms with van der Waals surface area (Å²) in [5.74, 6) is 1.83. The number of aryl methyl sites for hydroxylation is 1. The van der Waals surface area contributed by atoms with Crippen molar-refractivity contribution in [1.82, 2.24) is 15.3 Å². The molecule has 0 saturated carbocycles. The van der Waals surface area contributed by atoms with E-state index in [1.165, 1.54) is 0 Å². The van der Waals surface area contributed by atoms with Crippen molar-refractivity contribution in [1.29, 1.82) is 0 Å². The molecular weight excluding hydrogens is 256 g/mol. The quantitative estimate of drug-likeness (QED) is 0.778. The lowest BCUT2D eigenvalue weighted by molar-refractivity contribution is 0.211. The molecule has 4 N–H and O–H groups in total. The van der Waals surface area contributed by atoms with Crippen LogP contribution in [-0.2, 0) is 0 Å². The van der Waals surface area contributed by atoms with Crippen molar-refractivity contribution in [2.45, 2.75) is 25.7 Å². The monoisotopic (exact) mass is 274 g/mol. The van der Waals surface area contributed by atoms with E-state index >= 15 is 0 Å². The van der Waals surface area contributed by atoms with E-state index in [4.69, 9.17) is 10.5 Å². The van der Waals surface area contributed by atoms with Gasteiger partial charge in [0.15, 0.2) is 5.75 Å². The lowest BCUT2D eigenvalue weighted by Gasteiger charge is -2.20. The van der Waals surface area contributed by atoms with Crippen molar-refractivity contribution in [3.63, 3.8) is 0 Å². The first-order valence-electron chi connectivity index (χ1n) is 6.82. The smallest absolute Gasteiger partial charge is 0.408 e. The molecule has 1 aliphatic rings. The van der Waals surface area contributed by atoms with Gasteiger partial charge in [-0.2, -0.15) is 0 Å². The average Bonchev–Trinajstić information content (AvgIpc) is 2.87. The summed E-state index contributed by atoms with van der Waals surface area (Å²) in [7, 11) is 0. The molecule has 2 aromatic rings. The highest BCUT2D eigenvalue weighted by atomic mass is 16.5. The van der Waals surface area contributed by atoms with Gasteiger partial charge in [-0.05, 0) is 44.5 Å². The van der Waals surface area contributed by atoms with Gasteiger partial charge in [-0.1, -0.05) is 6.07 Å². The summed E-state index contributed by atoms with van der Waals surface area (Å²) in [5.41, 5.74) is 7.53. The number of carbonyl (C=O) groups excluding carboxylic acids is 1. The van der Waals surface area contributed by atoms with E-state index in [2.05, 4.69) is 15.3 Å². The van der Waals surface area contributed by atoms with Crippen LogP contribution in [0.25, 0.3) is 11.0 Å². The van der Waals surface area contributed by atoms with Crippen LogP contribution in [-0.4, -0.2) is 29.2 Å². The third kappa shape index (κ3) is 2.34. The topological polar surface area (TPSA) is 93.0 Å². The third-order valence-corrected chi connectivity index (χ3v) is 3.75. The van der Waals surface area contributed by atoms with Crippen LogP contribution in [0.4, 0.5) is 4.79 Å². The standard InChI is InChI=1S/C14H18N4O2/c1-8-2-3-10-11(12(8)20-14(15)19)18-13(17-10)9-4-6-16-7-5-9/h2-3,9,16H,4-7H2,1H3,(H2,15,19)(H,17,18). The van der Waals surface area contributed by atoms with Crippen molar-refractivity contribution in [2.75, 3.05) is 13.1 Å². The van der Waals surface area contributed by atoms with E-state index < -0.39 is 6.09 Å². The van der Waals surface area contributed by atoms with Crippen molar-refractivity contribution in [3.8, 4) is 5.75 Å². The van der Waals surface area contributed by atoms with Crippen molar-refractivity contribution in [3.05, 3.63) is 23.5 Å². The molecule has 6 nitrogen and oxygen atoms in total. The van der Waals surface area contributed by atoms with E-state index in [-0.39, 0.29) is 0 Å². The molecule has 0 radical (unpaired) electrons. The van der Waals surface area contributed by atoms with Crippen LogP contribution in [0.5, 0.6) is 5.75 Å². The molecule has 106 valence electrons. The number of H-pyrrole nitrogens is 1. The summed E-state index contributed by atoms with van der Waals surface area (Å²) in [5, 5.41) is 3.34. The van der Waals surface area contributed by atoms with E-state index in [9.17, 15) is 4.79 Å². The second-order valence-corrected chi connectivity index (χ2v) is 5.18. The lowest BCUT2D eigenvalue weighted by Crippen LogP contribution is -2.27. The number of aromatic nitrogens is 2. The number of nitrogens with zero attached hydrogens (tertiary/aromatic N) is 1. The van der Waals surface area contributed by atoms with Crippen LogP contribution in [0.15, 0.2) is 12.1 Å². The van der Waals surface area contributed by atoms with Gasteiger partial charge in [-0.15, -0.1) is 0 Å². The number of imidazole rings is 1. The predicted molar refractivity (Wildman–Crippen MR) is 75.9 cm³/mol. The zero-order valence-electron chi connectivity index (χ0n) is 11.4. The summed E-state index contributed by atoms with van der Waals surface area (Å²) >= 11 is 0. The molecule has 1 aromatic carbocycles. The Bertz CT molecular complexity index is 644. The Labute approximate surface area is 116 Å². The van der Waals surface area contributed by atoms with Crippen LogP contribution >= 0.6 is 0 Å². The molecule has 6 heteroatoms. The first-order chi connectivity index (χ1) is 9.65. The van der Waals surface area contributed by atoms with Gasteiger partial charge in [0, 0.05) is 5.92 Å². The van der Waals surface area contributed by atoms with E-state index in [0.29, 0.717) is 17.2 Å². The third-order valence-electron chi connectivity index (χ3n) is 3.75. The number of nitrogens with two attached hydrogens (primary N) is 1. The SMILES string of the molecule is Cc1ccc2[nH]c(C3CCNCC3)nc2c1OC(N)=O. The van der Waals surface area contributed by atoms with Gasteiger partial charge in [-0.3, -0.25) is 0 Å². The summed E-state index contributed by atoms with van der Waals surface area (Å²) in [4.78, 5) is 19.0. The number of ether oxygens (including phenoxy) is 1. The molecule has 1 saturated heterocycles. The Hall–Kier alpha value is -2.08. The summed E-state index contributed by atoms with van der Waals surface area (Å²) in [6.07, 6.45) is 1.31. The van der Waals surface area contributed by atoms with Gasteiger partial charge in [0.05, 0.1) is 5.52 Å². The van der Waals surface area contributed by atoms with Crippen LogP contribution in [0.3, 0.4) is 0 Å². The highest BCUT2D eigenvalue weighted by Crippen LogP contribution is 2.31. The normalized spacial score (nSPS) is 16.4. The van der Waals surface area contributed by atoms with Gasteiger partial charge in [0.2, 0.25) is 0 Å². The summed E-state index contributed by atoms with van der Waals surface area (Å²) < 4.78 is 5.10. The molecule has 1 fully saturated rings. The molecule has 0 aliphatic carbocycles. The van der Waals surface area contributed by atoms with E-state index in [1.54, 1.807) is 0 Å². The number of aromatic amines is 1. The average molecular weight is 274 g/mol. The minimum Gasteiger partial charge on any atom is -0.408 e. The number of amides is 1. The number of hydrogen-bond acceptors (Lipinski definition) is 4. The van der Waals surface area contributed by atoms with Crippen molar-refractivity contribution >= 4 is 17.1 Å². The maximum atomic E-state index is 11.0. The number of nitrogens with one attached hydrogen (secondary N) is 2. The number of primary amides is 1. The molecular formula is C14H18N4O2. The Morgan fingerprint density at radius 3 is 2.85 bits per heavy atom. The van der Waals surface area contributed by atoms with Crippen molar-refractivity contribution in [2.24, 2.45) is 5.73 Å². The maximum absolute atomic E-state index is 11.0. The molecule has 0 bridgehead atoms. The first kappa shape index (κ1) is 12.9. The van der Waals surface area contributed by atoms with Gasteiger partial charge >= 0.3 is 6.09 Å². The Morgan fingerprint density at radius 2 is 2.15 bits per heavy atom. The first-order valence-corrected chi connectivity index (χ1v) is 6.82. The number of benzene rings is 1. The number of rotatable bonds is 2. The van der Waals surface area contributed by atoms with Crippen LogP contribution in [0, 0.1) is 6.92 Å². The molecule has 0 spiro atoms. The Balaban J connectivity index is 2.03. The highest BCUT2D eigenvalue weighted by molar-refractivity contribution is 5.86. The molecule has 0 atom stereocenters. The lowest BCUT2D eigenvalue weighted by atomic mass is 9.98. The number of carbonyl (C=O) groups is 1. The van der Waals surface area contributed by atoms with Crippen molar-refractivity contribution < 1.29 is 9.53 Å². The number of fused-ring (bicyclic) bond motifs is 1. The minimum absolute atomic E-state index is 0.422. The van der Waals surface area contributed by atoms with Gasteiger partial charge in [-0.25, -0.2) is 9.78 Å². The van der Waals surface area contributed by atoms with Crippen LogP contribution in [0.1, 0.15) is 30.1 Å². The highest BCUT2D eigenvalue weighted by Gasteiger charge is 2.20. The minimum atomic E-state index is -0.813. The zero-order chi connectivity index (χ0) is 14.1. The Morgan fingerprint density at radius 1 is 1.40 bits per heavy atom. The molecule has 1 aromatic heterocycles. The fourth-order valence-corrected chi connectivity index (χ4v) is 2.69. The number of hydrogen-bond donors (Lipinski definition) is 3. The number of piperidine rings is 1. The molecule has 2 heterocycles. The molecule has 20 heavy (non-hydrogen) atoms. The van der Waals surface area contributed by atoms with Gasteiger partial charge in [0.1, 0.15) is 11.3 Å². The fourth-order valence-electron chi connectivity index (χ4n) is 2.69. The summed E-state index contributed by atoms with van der Waals surface area (Å²) in [6.45, 7) is 3.88. The maximum Gasteiger partial charge on any atom is 0.410 e. The molecule has 3 rings (SSSR count). The van der Waals surface area contributed by atoms with Gasteiger partial charge in [0.25, 0.3) is 0 Å². The van der Waals surface area contributed by atoms with Gasteiger partial charge < -0.3 is 20.8 Å². The predicted octanol–water partition coefficient (Wildman–Crippen LogP) is 1.80. The molecule has 1 aliphatic heterocycles. The van der Waals surface area contributed by atoms with E-state index in [0.717, 1.165) is 42.8 Å². The summed E-state index contributed by atoms with van der Waals surface area (Å²) in [6, 6.07) is 3.85. The van der Waals surface area contributed by atoms with E-state index in [1.807, 2.05) is 19.1 Å². The van der Waals surface area contributed by atoms with Crippen LogP contribution in [0.2, 0.25) is 0 Å². The molecule has 0 unspecified atom stereocenters. The molecule has 1 amide bonds. The fraction of sp³-hybridized carbons (Fsp3) is 0.429. The largest absolute Gasteiger partial charge is 0.410 e. The Kier molecular flexibility index (Phi) is 3.31.